The van der Waals surface area contributed by atoms with E-state index in [9.17, 15) is 15.2 Å². The van der Waals surface area contributed by atoms with Crippen LogP contribution in [0.2, 0.25) is 0 Å². The minimum absolute atomic E-state index is 0.0454. The molecule has 0 unspecified atom stereocenters. The van der Waals surface area contributed by atoms with Crippen LogP contribution in [0.4, 0.5) is 5.69 Å². The summed E-state index contributed by atoms with van der Waals surface area (Å²) in [4.78, 5) is 10.4. The first kappa shape index (κ1) is 15.7. The van der Waals surface area contributed by atoms with Crippen molar-refractivity contribution in [2.24, 2.45) is 0 Å². The average molecular weight is 294 g/mol. The van der Waals surface area contributed by atoms with Crippen molar-refractivity contribution in [1.29, 1.82) is 0 Å². The lowest BCUT2D eigenvalue weighted by molar-refractivity contribution is -0.384. The second-order valence-corrected chi connectivity index (χ2v) is 5.65. The predicted molar refractivity (Wildman–Crippen MR) is 79.4 cm³/mol. The highest BCUT2D eigenvalue weighted by molar-refractivity contribution is 5.43. The van der Waals surface area contributed by atoms with Gasteiger partial charge in [0.05, 0.1) is 10.5 Å². The second kappa shape index (κ2) is 6.87. The maximum atomic E-state index is 10.8. The predicted octanol–water partition coefficient (Wildman–Crippen LogP) is 2.39. The third kappa shape index (κ3) is 4.15. The van der Waals surface area contributed by atoms with Crippen LogP contribution in [0.1, 0.15) is 37.7 Å². The van der Waals surface area contributed by atoms with Gasteiger partial charge in [0, 0.05) is 24.2 Å². The van der Waals surface area contributed by atoms with Crippen LogP contribution in [0.3, 0.4) is 0 Å². The minimum atomic E-state index is -0.767. The van der Waals surface area contributed by atoms with E-state index in [1.807, 2.05) is 0 Å². The van der Waals surface area contributed by atoms with Crippen LogP contribution >= 0.6 is 0 Å². The third-order valence-electron chi connectivity index (χ3n) is 3.90. The number of nitrogens with one attached hydrogen (secondary N) is 1. The molecule has 21 heavy (non-hydrogen) atoms. The second-order valence-electron chi connectivity index (χ2n) is 5.65. The van der Waals surface area contributed by atoms with Crippen molar-refractivity contribution in [2.75, 3.05) is 13.7 Å². The van der Waals surface area contributed by atoms with Gasteiger partial charge in [-0.3, -0.25) is 10.1 Å². The number of aliphatic hydroxyl groups is 1. The molecule has 0 aromatic heterocycles. The van der Waals surface area contributed by atoms with Gasteiger partial charge in [0.25, 0.3) is 5.69 Å². The molecule has 0 atom stereocenters. The van der Waals surface area contributed by atoms with E-state index in [0.29, 0.717) is 12.3 Å². The van der Waals surface area contributed by atoms with E-state index in [0.717, 1.165) is 37.7 Å². The number of nitro groups is 1. The zero-order valence-corrected chi connectivity index (χ0v) is 12.3. The minimum Gasteiger partial charge on any atom is -0.490 e. The summed E-state index contributed by atoms with van der Waals surface area (Å²) in [5.74, 6) is 0.592. The monoisotopic (exact) mass is 294 g/mol. The van der Waals surface area contributed by atoms with E-state index >= 15 is 0 Å². The van der Waals surface area contributed by atoms with Crippen LogP contribution in [-0.2, 0) is 6.54 Å². The fourth-order valence-corrected chi connectivity index (χ4v) is 2.72. The zero-order chi connectivity index (χ0) is 15.3. The Kier molecular flexibility index (Phi) is 5.14. The molecule has 0 spiro atoms. The summed E-state index contributed by atoms with van der Waals surface area (Å²) in [5, 5.41) is 24.2. The van der Waals surface area contributed by atoms with Crippen LogP contribution in [0.15, 0.2) is 18.2 Å². The summed E-state index contributed by atoms with van der Waals surface area (Å²) >= 11 is 0. The molecule has 6 heteroatoms. The first-order valence-corrected chi connectivity index (χ1v) is 7.31. The van der Waals surface area contributed by atoms with E-state index in [2.05, 4.69) is 5.32 Å². The van der Waals surface area contributed by atoms with Crippen molar-refractivity contribution in [1.82, 2.24) is 5.32 Å². The number of hydrogen-bond donors (Lipinski definition) is 2. The fraction of sp³-hybridized carbons (Fsp3) is 0.600. The number of ether oxygens (including phenoxy) is 1. The first-order valence-electron chi connectivity index (χ1n) is 7.31. The Balaban J connectivity index is 2.09. The standard InChI is InChI=1S/C15H22N2O4/c1-16-10-12-9-13(17(19)20)5-6-14(12)21-11-15(18)7-3-2-4-8-15/h5-6,9,16,18H,2-4,7-8,10-11H2,1H3. The molecule has 0 bridgehead atoms. The highest BCUT2D eigenvalue weighted by atomic mass is 16.6. The van der Waals surface area contributed by atoms with Gasteiger partial charge in [-0.15, -0.1) is 0 Å². The fourth-order valence-electron chi connectivity index (χ4n) is 2.72. The molecule has 1 aliphatic carbocycles. The molecule has 1 fully saturated rings. The molecular weight excluding hydrogens is 272 g/mol. The molecule has 2 rings (SSSR count). The Morgan fingerprint density at radius 1 is 1.38 bits per heavy atom. The summed E-state index contributed by atoms with van der Waals surface area (Å²) in [6, 6.07) is 4.55. The van der Waals surface area contributed by atoms with Crippen molar-refractivity contribution >= 4 is 5.69 Å². The summed E-state index contributed by atoms with van der Waals surface area (Å²) in [6.07, 6.45) is 4.69. The average Bonchev–Trinajstić information content (AvgIpc) is 2.47. The number of nitro benzene ring substituents is 1. The zero-order valence-electron chi connectivity index (χ0n) is 12.3. The molecule has 116 valence electrons. The quantitative estimate of drug-likeness (QED) is 0.621. The van der Waals surface area contributed by atoms with E-state index in [4.69, 9.17) is 4.74 Å². The third-order valence-corrected chi connectivity index (χ3v) is 3.90. The van der Waals surface area contributed by atoms with Gasteiger partial charge < -0.3 is 15.2 Å². The number of nitrogens with zero attached hydrogens (tertiary/aromatic N) is 1. The van der Waals surface area contributed by atoms with Crippen molar-refractivity contribution in [2.45, 2.75) is 44.2 Å². The molecule has 0 radical (unpaired) electrons. The number of rotatable bonds is 6. The first-order chi connectivity index (χ1) is 10.0. The lowest BCUT2D eigenvalue weighted by Gasteiger charge is -2.32. The van der Waals surface area contributed by atoms with E-state index in [1.165, 1.54) is 12.1 Å². The van der Waals surface area contributed by atoms with E-state index in [1.54, 1.807) is 13.1 Å². The molecule has 0 aliphatic heterocycles. The smallest absolute Gasteiger partial charge is 0.270 e. The Bertz CT molecular complexity index is 498. The summed E-state index contributed by atoms with van der Waals surface area (Å²) < 4.78 is 5.75. The maximum absolute atomic E-state index is 10.8. The summed E-state index contributed by atoms with van der Waals surface area (Å²) in [6.45, 7) is 0.719. The topological polar surface area (TPSA) is 84.6 Å². The van der Waals surface area contributed by atoms with Gasteiger partial charge in [-0.25, -0.2) is 0 Å². The lowest BCUT2D eigenvalue weighted by Crippen LogP contribution is -2.38. The molecule has 1 saturated carbocycles. The number of non-ortho nitro benzene ring substituents is 1. The molecule has 6 nitrogen and oxygen atoms in total. The number of benzene rings is 1. The molecule has 0 amide bonds. The Hall–Kier alpha value is -1.66. The molecule has 1 aliphatic rings. The molecule has 0 heterocycles. The SMILES string of the molecule is CNCc1cc([N+](=O)[O-])ccc1OCC1(O)CCCCC1. The van der Waals surface area contributed by atoms with E-state index in [-0.39, 0.29) is 12.3 Å². The van der Waals surface area contributed by atoms with Crippen molar-refractivity contribution < 1.29 is 14.8 Å². The Morgan fingerprint density at radius 3 is 2.71 bits per heavy atom. The van der Waals surface area contributed by atoms with Gasteiger partial charge in [-0.05, 0) is 26.0 Å². The van der Waals surface area contributed by atoms with Crippen LogP contribution in [0, 0.1) is 10.1 Å². The van der Waals surface area contributed by atoms with Crippen LogP contribution in [0.25, 0.3) is 0 Å². The van der Waals surface area contributed by atoms with Gasteiger partial charge in [0.1, 0.15) is 12.4 Å². The highest BCUT2D eigenvalue weighted by Gasteiger charge is 2.30. The van der Waals surface area contributed by atoms with Gasteiger partial charge in [-0.1, -0.05) is 19.3 Å². The van der Waals surface area contributed by atoms with Gasteiger partial charge in [0.15, 0.2) is 0 Å². The van der Waals surface area contributed by atoms with Crippen LogP contribution in [0.5, 0.6) is 5.75 Å². The van der Waals surface area contributed by atoms with Crippen LogP contribution < -0.4 is 10.1 Å². The molecular formula is C15H22N2O4. The highest BCUT2D eigenvalue weighted by Crippen LogP contribution is 2.30. The summed E-state index contributed by atoms with van der Waals surface area (Å²) in [5.41, 5.74) is 0.00630. The van der Waals surface area contributed by atoms with Crippen molar-refractivity contribution in [3.05, 3.63) is 33.9 Å². The maximum Gasteiger partial charge on any atom is 0.270 e. The van der Waals surface area contributed by atoms with Gasteiger partial charge in [0.2, 0.25) is 0 Å². The van der Waals surface area contributed by atoms with Crippen LogP contribution in [-0.4, -0.2) is 29.3 Å². The van der Waals surface area contributed by atoms with E-state index < -0.39 is 10.5 Å². The molecule has 2 N–H and O–H groups in total. The Labute approximate surface area is 124 Å². The molecule has 1 aromatic carbocycles. The van der Waals surface area contributed by atoms with Crippen molar-refractivity contribution in [3.8, 4) is 5.75 Å². The van der Waals surface area contributed by atoms with Crippen molar-refractivity contribution in [3.63, 3.8) is 0 Å². The molecule has 1 aromatic rings. The summed E-state index contributed by atoms with van der Waals surface area (Å²) in [7, 11) is 1.78. The van der Waals surface area contributed by atoms with Gasteiger partial charge in [-0.2, -0.15) is 0 Å². The normalized spacial score (nSPS) is 17.4. The molecule has 0 saturated heterocycles. The Morgan fingerprint density at radius 2 is 2.10 bits per heavy atom. The lowest BCUT2D eigenvalue weighted by atomic mass is 9.85. The largest absolute Gasteiger partial charge is 0.490 e. The van der Waals surface area contributed by atoms with Gasteiger partial charge >= 0.3 is 0 Å². The number of hydrogen-bond acceptors (Lipinski definition) is 5.